The lowest BCUT2D eigenvalue weighted by atomic mass is 10.0. The number of hydrogen-bond acceptors (Lipinski definition) is 2. The third kappa shape index (κ3) is 5.62. The number of halogens is 1. The molecule has 1 aromatic carbocycles. The molecule has 0 aliphatic carbocycles. The lowest BCUT2D eigenvalue weighted by Crippen LogP contribution is -2.27. The highest BCUT2D eigenvalue weighted by atomic mass is 35.5. The SMILES string of the molecule is CC(CCN)CCC(=O)N[C@@H](C)c1ccccc1Cl. The molecule has 1 rings (SSSR count). The van der Waals surface area contributed by atoms with E-state index in [-0.39, 0.29) is 11.9 Å². The van der Waals surface area contributed by atoms with Crippen molar-refractivity contribution >= 4 is 17.5 Å². The molecule has 0 bridgehead atoms. The van der Waals surface area contributed by atoms with Gasteiger partial charge < -0.3 is 11.1 Å². The number of carbonyl (C=O) groups is 1. The molecule has 0 fully saturated rings. The summed E-state index contributed by atoms with van der Waals surface area (Å²) < 4.78 is 0. The van der Waals surface area contributed by atoms with Gasteiger partial charge in [-0.05, 0) is 43.9 Å². The maximum atomic E-state index is 11.9. The Morgan fingerprint density at radius 2 is 2.00 bits per heavy atom. The van der Waals surface area contributed by atoms with Crippen molar-refractivity contribution in [1.82, 2.24) is 5.32 Å². The van der Waals surface area contributed by atoms with Crippen LogP contribution in [0.3, 0.4) is 0 Å². The van der Waals surface area contributed by atoms with Crippen LogP contribution in [0.1, 0.15) is 44.7 Å². The summed E-state index contributed by atoms with van der Waals surface area (Å²) in [5.41, 5.74) is 6.45. The number of amides is 1. The first-order chi connectivity index (χ1) is 9.04. The summed E-state index contributed by atoms with van der Waals surface area (Å²) in [4.78, 5) is 11.9. The second-order valence-corrected chi connectivity index (χ2v) is 5.44. The van der Waals surface area contributed by atoms with Crippen molar-refractivity contribution in [3.8, 4) is 0 Å². The van der Waals surface area contributed by atoms with E-state index < -0.39 is 0 Å². The van der Waals surface area contributed by atoms with Gasteiger partial charge in [-0.2, -0.15) is 0 Å². The van der Waals surface area contributed by atoms with Gasteiger partial charge in [-0.25, -0.2) is 0 Å². The standard InChI is InChI=1S/C15H23ClN2O/c1-11(9-10-17)7-8-15(19)18-12(2)13-5-3-4-6-14(13)16/h3-6,11-12H,7-10,17H2,1-2H3,(H,18,19)/t11?,12-/m0/s1. The molecular formula is C15H23ClN2O. The number of rotatable bonds is 7. The van der Waals surface area contributed by atoms with Crippen LogP contribution in [0.25, 0.3) is 0 Å². The zero-order valence-electron chi connectivity index (χ0n) is 11.7. The normalized spacial score (nSPS) is 13.9. The fourth-order valence-corrected chi connectivity index (χ4v) is 2.32. The lowest BCUT2D eigenvalue weighted by molar-refractivity contribution is -0.122. The minimum atomic E-state index is -0.0639. The predicted octanol–water partition coefficient (Wildman–Crippen LogP) is 3.28. The van der Waals surface area contributed by atoms with Crippen LogP contribution in [-0.2, 0) is 4.79 Å². The molecule has 0 spiro atoms. The second kappa shape index (κ2) is 8.18. The Morgan fingerprint density at radius 1 is 1.32 bits per heavy atom. The van der Waals surface area contributed by atoms with Gasteiger partial charge in [0.05, 0.1) is 6.04 Å². The second-order valence-electron chi connectivity index (χ2n) is 5.03. The maximum absolute atomic E-state index is 11.9. The van der Waals surface area contributed by atoms with Crippen molar-refractivity contribution in [2.24, 2.45) is 11.7 Å². The first kappa shape index (κ1) is 16.0. The van der Waals surface area contributed by atoms with Gasteiger partial charge in [0, 0.05) is 11.4 Å². The molecule has 0 radical (unpaired) electrons. The van der Waals surface area contributed by atoms with Crippen molar-refractivity contribution in [3.05, 3.63) is 34.9 Å². The van der Waals surface area contributed by atoms with Gasteiger partial charge in [-0.1, -0.05) is 36.7 Å². The number of hydrogen-bond donors (Lipinski definition) is 2. The average Bonchev–Trinajstić information content (AvgIpc) is 2.37. The van der Waals surface area contributed by atoms with E-state index in [2.05, 4.69) is 12.2 Å². The molecule has 0 saturated heterocycles. The molecule has 3 N–H and O–H groups in total. The fraction of sp³-hybridized carbons (Fsp3) is 0.533. The van der Waals surface area contributed by atoms with Gasteiger partial charge in [0.25, 0.3) is 0 Å². The van der Waals surface area contributed by atoms with Gasteiger partial charge in [0.2, 0.25) is 5.91 Å². The van der Waals surface area contributed by atoms with E-state index in [0.29, 0.717) is 23.9 Å². The zero-order valence-corrected chi connectivity index (χ0v) is 12.4. The molecule has 0 aliphatic heterocycles. The van der Waals surface area contributed by atoms with E-state index in [9.17, 15) is 4.79 Å². The van der Waals surface area contributed by atoms with Crippen molar-refractivity contribution in [3.63, 3.8) is 0 Å². The summed E-state index contributed by atoms with van der Waals surface area (Å²) in [6, 6.07) is 7.51. The molecule has 0 aliphatic rings. The summed E-state index contributed by atoms with van der Waals surface area (Å²) in [5.74, 6) is 0.558. The highest BCUT2D eigenvalue weighted by Gasteiger charge is 2.12. The molecule has 1 aromatic rings. The highest BCUT2D eigenvalue weighted by molar-refractivity contribution is 6.31. The van der Waals surface area contributed by atoms with E-state index in [4.69, 9.17) is 17.3 Å². The third-order valence-electron chi connectivity index (χ3n) is 3.27. The van der Waals surface area contributed by atoms with Gasteiger partial charge >= 0.3 is 0 Å². The lowest BCUT2D eigenvalue weighted by Gasteiger charge is -2.16. The Hall–Kier alpha value is -1.06. The van der Waals surface area contributed by atoms with Crippen LogP contribution in [-0.4, -0.2) is 12.5 Å². The summed E-state index contributed by atoms with van der Waals surface area (Å²) >= 11 is 6.11. The number of nitrogens with two attached hydrogens (primary N) is 1. The van der Waals surface area contributed by atoms with Gasteiger partial charge in [-0.15, -0.1) is 0 Å². The quantitative estimate of drug-likeness (QED) is 0.806. The Bertz CT molecular complexity index is 409. The molecule has 2 atom stereocenters. The van der Waals surface area contributed by atoms with Crippen LogP contribution in [0.15, 0.2) is 24.3 Å². The fourth-order valence-electron chi connectivity index (χ4n) is 2.02. The first-order valence-electron chi connectivity index (χ1n) is 6.78. The van der Waals surface area contributed by atoms with Crippen molar-refractivity contribution in [2.75, 3.05) is 6.54 Å². The smallest absolute Gasteiger partial charge is 0.220 e. The van der Waals surface area contributed by atoms with E-state index in [1.54, 1.807) is 0 Å². The molecule has 1 amide bonds. The van der Waals surface area contributed by atoms with Gasteiger partial charge in [0.1, 0.15) is 0 Å². The van der Waals surface area contributed by atoms with Gasteiger partial charge in [0.15, 0.2) is 0 Å². The van der Waals surface area contributed by atoms with Crippen LogP contribution in [0.2, 0.25) is 5.02 Å². The van der Waals surface area contributed by atoms with Crippen molar-refractivity contribution in [2.45, 2.75) is 39.2 Å². The Labute approximate surface area is 120 Å². The van der Waals surface area contributed by atoms with Crippen LogP contribution in [0, 0.1) is 5.92 Å². The van der Waals surface area contributed by atoms with Crippen molar-refractivity contribution in [1.29, 1.82) is 0 Å². The topological polar surface area (TPSA) is 55.1 Å². The Kier molecular flexibility index (Phi) is 6.89. The van der Waals surface area contributed by atoms with Crippen LogP contribution >= 0.6 is 11.6 Å². The van der Waals surface area contributed by atoms with Crippen molar-refractivity contribution < 1.29 is 4.79 Å². The van der Waals surface area contributed by atoms with E-state index in [0.717, 1.165) is 18.4 Å². The summed E-state index contributed by atoms with van der Waals surface area (Å²) in [5, 5.41) is 3.67. The summed E-state index contributed by atoms with van der Waals surface area (Å²) in [6.07, 6.45) is 2.38. The molecule has 0 heterocycles. The van der Waals surface area contributed by atoms with Gasteiger partial charge in [-0.3, -0.25) is 4.79 Å². The van der Waals surface area contributed by atoms with Crippen LogP contribution in [0.5, 0.6) is 0 Å². The highest BCUT2D eigenvalue weighted by Crippen LogP contribution is 2.22. The predicted molar refractivity (Wildman–Crippen MR) is 80.1 cm³/mol. The third-order valence-corrected chi connectivity index (χ3v) is 3.62. The Balaban J connectivity index is 2.42. The van der Waals surface area contributed by atoms with Crippen LogP contribution in [0.4, 0.5) is 0 Å². The number of carbonyl (C=O) groups excluding carboxylic acids is 1. The molecule has 4 heteroatoms. The largest absolute Gasteiger partial charge is 0.350 e. The van der Waals surface area contributed by atoms with Crippen LogP contribution < -0.4 is 11.1 Å². The molecular weight excluding hydrogens is 260 g/mol. The average molecular weight is 283 g/mol. The molecule has 1 unspecified atom stereocenters. The van der Waals surface area contributed by atoms with E-state index in [1.165, 1.54) is 0 Å². The number of benzene rings is 1. The number of nitrogens with one attached hydrogen (secondary N) is 1. The zero-order chi connectivity index (χ0) is 14.3. The molecule has 106 valence electrons. The molecule has 0 saturated carbocycles. The monoisotopic (exact) mass is 282 g/mol. The minimum absolute atomic E-state index is 0.0639. The maximum Gasteiger partial charge on any atom is 0.220 e. The minimum Gasteiger partial charge on any atom is -0.350 e. The Morgan fingerprint density at radius 3 is 2.63 bits per heavy atom. The molecule has 19 heavy (non-hydrogen) atoms. The van der Waals surface area contributed by atoms with E-state index in [1.807, 2.05) is 31.2 Å². The summed E-state index contributed by atoms with van der Waals surface area (Å²) in [6.45, 7) is 4.75. The summed E-state index contributed by atoms with van der Waals surface area (Å²) in [7, 11) is 0. The first-order valence-corrected chi connectivity index (χ1v) is 7.16. The molecule has 3 nitrogen and oxygen atoms in total. The van der Waals surface area contributed by atoms with E-state index >= 15 is 0 Å². The molecule has 0 aromatic heterocycles.